The lowest BCUT2D eigenvalue weighted by Crippen LogP contribution is -2.52. The van der Waals surface area contributed by atoms with Gasteiger partial charge >= 0.3 is 12.2 Å². The molecule has 1 saturated heterocycles. The summed E-state index contributed by atoms with van der Waals surface area (Å²) >= 11 is 0. The van der Waals surface area contributed by atoms with Crippen molar-refractivity contribution < 1.29 is 37.1 Å². The number of carbonyl (C=O) groups is 4. The summed E-state index contributed by atoms with van der Waals surface area (Å²) in [6.45, 7) is 0.225. The van der Waals surface area contributed by atoms with Crippen LogP contribution in [0.1, 0.15) is 51.5 Å². The van der Waals surface area contributed by atoms with E-state index in [2.05, 4.69) is 10.6 Å². The number of urea groups is 1. The molecule has 2 unspecified atom stereocenters. The summed E-state index contributed by atoms with van der Waals surface area (Å²) in [6, 6.07) is 6.31. The molecule has 12 heteroatoms. The number of hydrogen-bond donors (Lipinski definition) is 2. The van der Waals surface area contributed by atoms with Gasteiger partial charge in [-0.15, -0.1) is 0 Å². The molecule has 0 bridgehead atoms. The molecule has 0 radical (unpaired) electrons. The van der Waals surface area contributed by atoms with E-state index in [4.69, 9.17) is 4.74 Å². The molecule has 3 aliphatic heterocycles. The third-order valence-corrected chi connectivity index (χ3v) is 6.91. The highest BCUT2D eigenvalue weighted by atomic mass is 19.4. The summed E-state index contributed by atoms with van der Waals surface area (Å²) in [5.41, 5.74) is 1.60. The number of benzene rings is 2. The standard InChI is InChI=1S/C25H23F3N4O5/c1-37-12-20-17-4-2-15(25(26,27)28)8-13(17)11-32(20)24(36)29-16-3-5-18-14(9-16)10-31(23(18)35)19-6-7-21(33)30-22(19)34/h2-5,8-9,19-20H,6-7,10-12H2,1H3,(H,29,36)(H,30,33,34). The Morgan fingerprint density at radius 1 is 1.11 bits per heavy atom. The molecule has 2 aromatic rings. The van der Waals surface area contributed by atoms with Crippen LogP contribution in [-0.2, 0) is 33.6 Å². The number of nitrogens with zero attached hydrogens (tertiary/aromatic N) is 2. The quantitative estimate of drug-likeness (QED) is 0.607. The summed E-state index contributed by atoms with van der Waals surface area (Å²) in [6.07, 6.45) is -4.12. The predicted octanol–water partition coefficient (Wildman–Crippen LogP) is 3.20. The normalized spacial score (nSPS) is 21.1. The number of hydrogen-bond acceptors (Lipinski definition) is 5. The van der Waals surface area contributed by atoms with Gasteiger partial charge in [0.2, 0.25) is 11.8 Å². The molecule has 0 aliphatic carbocycles. The first kappa shape index (κ1) is 24.8. The molecule has 37 heavy (non-hydrogen) atoms. The van der Waals surface area contributed by atoms with Gasteiger partial charge in [0.25, 0.3) is 5.91 Å². The van der Waals surface area contributed by atoms with Gasteiger partial charge in [0, 0.05) is 37.9 Å². The average Bonchev–Trinajstić information content (AvgIpc) is 3.36. The van der Waals surface area contributed by atoms with Gasteiger partial charge in [-0.05, 0) is 53.4 Å². The van der Waals surface area contributed by atoms with E-state index in [9.17, 15) is 32.3 Å². The molecule has 194 valence electrons. The molecule has 9 nitrogen and oxygen atoms in total. The third-order valence-electron chi connectivity index (χ3n) is 6.91. The second kappa shape index (κ2) is 9.18. The first-order valence-corrected chi connectivity index (χ1v) is 11.6. The lowest BCUT2D eigenvalue weighted by Gasteiger charge is -2.29. The number of nitrogens with one attached hydrogen (secondary N) is 2. The lowest BCUT2D eigenvalue weighted by molar-refractivity contribution is -0.138. The van der Waals surface area contributed by atoms with E-state index in [1.807, 2.05) is 0 Å². The molecule has 0 aromatic heterocycles. The molecule has 3 aliphatic rings. The highest BCUT2D eigenvalue weighted by Crippen LogP contribution is 2.39. The van der Waals surface area contributed by atoms with E-state index < -0.39 is 35.8 Å². The smallest absolute Gasteiger partial charge is 0.382 e. The minimum Gasteiger partial charge on any atom is -0.382 e. The minimum atomic E-state index is -4.50. The van der Waals surface area contributed by atoms with Crippen molar-refractivity contribution >= 4 is 29.4 Å². The largest absolute Gasteiger partial charge is 0.416 e. The van der Waals surface area contributed by atoms with Gasteiger partial charge < -0.3 is 19.9 Å². The van der Waals surface area contributed by atoms with E-state index in [0.29, 0.717) is 27.9 Å². The minimum absolute atomic E-state index is 0.0220. The fourth-order valence-electron chi connectivity index (χ4n) is 5.10. The Balaban J connectivity index is 1.32. The van der Waals surface area contributed by atoms with Gasteiger partial charge in [0.1, 0.15) is 6.04 Å². The van der Waals surface area contributed by atoms with Gasteiger partial charge in [-0.25, -0.2) is 4.79 Å². The predicted molar refractivity (Wildman–Crippen MR) is 123 cm³/mol. The SMILES string of the molecule is COCC1c2ccc(C(F)(F)F)cc2CN1C(=O)Nc1ccc2c(c1)CN(C1CCC(=O)NC1=O)C2=O. The van der Waals surface area contributed by atoms with Crippen molar-refractivity contribution in [2.75, 3.05) is 19.0 Å². The van der Waals surface area contributed by atoms with Crippen molar-refractivity contribution in [3.8, 4) is 0 Å². The van der Waals surface area contributed by atoms with Crippen LogP contribution in [0.2, 0.25) is 0 Å². The maximum absolute atomic E-state index is 13.2. The van der Waals surface area contributed by atoms with E-state index in [0.717, 1.165) is 12.1 Å². The Labute approximate surface area is 209 Å². The number of alkyl halides is 3. The van der Waals surface area contributed by atoms with Crippen molar-refractivity contribution in [3.63, 3.8) is 0 Å². The summed E-state index contributed by atoms with van der Waals surface area (Å²) in [5, 5.41) is 5.01. The van der Waals surface area contributed by atoms with E-state index in [1.165, 1.54) is 23.0 Å². The first-order valence-electron chi connectivity index (χ1n) is 11.6. The Hall–Kier alpha value is -3.93. The van der Waals surface area contributed by atoms with Crippen molar-refractivity contribution in [1.29, 1.82) is 0 Å². The molecule has 2 aromatic carbocycles. The maximum Gasteiger partial charge on any atom is 0.416 e. The molecular weight excluding hydrogens is 493 g/mol. The van der Waals surface area contributed by atoms with Crippen LogP contribution < -0.4 is 10.6 Å². The van der Waals surface area contributed by atoms with Crippen molar-refractivity contribution in [2.45, 2.75) is 44.2 Å². The van der Waals surface area contributed by atoms with E-state index >= 15 is 0 Å². The zero-order valence-corrected chi connectivity index (χ0v) is 19.7. The molecule has 0 saturated carbocycles. The van der Waals surface area contributed by atoms with E-state index in [1.54, 1.807) is 18.2 Å². The number of ether oxygens (including phenoxy) is 1. The number of piperidine rings is 1. The third kappa shape index (κ3) is 4.52. The second-order valence-corrected chi connectivity index (χ2v) is 9.21. The molecule has 5 amide bonds. The molecule has 2 atom stereocenters. The van der Waals surface area contributed by atoms with Crippen LogP contribution in [0.4, 0.5) is 23.7 Å². The van der Waals surface area contributed by atoms with Crippen LogP contribution in [0.15, 0.2) is 36.4 Å². The van der Waals surface area contributed by atoms with Gasteiger partial charge in [-0.2, -0.15) is 13.2 Å². The number of imide groups is 1. The number of carbonyl (C=O) groups excluding carboxylic acids is 4. The van der Waals surface area contributed by atoms with Crippen molar-refractivity contribution in [2.24, 2.45) is 0 Å². The van der Waals surface area contributed by atoms with Gasteiger partial charge in [0.15, 0.2) is 0 Å². The summed E-state index contributed by atoms with van der Waals surface area (Å²) in [5.74, 6) is -1.23. The average molecular weight is 516 g/mol. The van der Waals surface area contributed by atoms with Crippen LogP contribution in [0.25, 0.3) is 0 Å². The number of anilines is 1. The molecule has 0 spiro atoms. The second-order valence-electron chi connectivity index (χ2n) is 9.21. The summed E-state index contributed by atoms with van der Waals surface area (Å²) < 4.78 is 44.8. The van der Waals surface area contributed by atoms with Gasteiger partial charge in [0.05, 0.1) is 18.2 Å². The number of rotatable bonds is 4. The number of halogens is 3. The zero-order valence-electron chi connectivity index (χ0n) is 19.7. The fraction of sp³-hybridized carbons (Fsp3) is 0.360. The maximum atomic E-state index is 13.2. The molecule has 2 N–H and O–H groups in total. The van der Waals surface area contributed by atoms with Crippen LogP contribution in [-0.4, -0.2) is 53.3 Å². The Bertz CT molecular complexity index is 1310. The Morgan fingerprint density at radius 2 is 1.89 bits per heavy atom. The highest BCUT2D eigenvalue weighted by Gasteiger charge is 2.40. The van der Waals surface area contributed by atoms with Gasteiger partial charge in [-0.1, -0.05) is 6.07 Å². The van der Waals surface area contributed by atoms with Crippen LogP contribution in [0.5, 0.6) is 0 Å². The molecular formula is C25H23F3N4O5. The van der Waals surface area contributed by atoms with Crippen molar-refractivity contribution in [3.05, 3.63) is 64.2 Å². The monoisotopic (exact) mass is 516 g/mol. The van der Waals surface area contributed by atoms with E-state index in [-0.39, 0.29) is 44.4 Å². The topological polar surface area (TPSA) is 108 Å². The molecule has 5 rings (SSSR count). The zero-order chi connectivity index (χ0) is 26.5. The fourth-order valence-corrected chi connectivity index (χ4v) is 5.10. The number of amides is 5. The number of fused-ring (bicyclic) bond motifs is 2. The summed E-state index contributed by atoms with van der Waals surface area (Å²) in [4.78, 5) is 52.6. The van der Waals surface area contributed by atoms with Crippen molar-refractivity contribution in [1.82, 2.24) is 15.1 Å². The number of methoxy groups -OCH3 is 1. The van der Waals surface area contributed by atoms with Crippen LogP contribution in [0, 0.1) is 0 Å². The Kier molecular flexibility index (Phi) is 6.14. The van der Waals surface area contributed by atoms with Crippen LogP contribution >= 0.6 is 0 Å². The Morgan fingerprint density at radius 3 is 2.59 bits per heavy atom. The molecule has 3 heterocycles. The lowest BCUT2D eigenvalue weighted by atomic mass is 10.0. The van der Waals surface area contributed by atoms with Crippen LogP contribution in [0.3, 0.4) is 0 Å². The highest BCUT2D eigenvalue weighted by molar-refractivity contribution is 6.05. The molecule has 1 fully saturated rings. The van der Waals surface area contributed by atoms with Gasteiger partial charge in [-0.3, -0.25) is 19.7 Å². The first-order chi connectivity index (χ1) is 17.6. The summed E-state index contributed by atoms with van der Waals surface area (Å²) in [7, 11) is 1.45.